The van der Waals surface area contributed by atoms with Crippen LogP contribution in [0.25, 0.3) is 11.1 Å². The van der Waals surface area contributed by atoms with E-state index in [0.29, 0.717) is 6.42 Å². The lowest BCUT2D eigenvalue weighted by Crippen LogP contribution is -2.40. The Kier molecular flexibility index (Phi) is 4.21. The van der Waals surface area contributed by atoms with Gasteiger partial charge in [0.25, 0.3) is 0 Å². The average molecular weight is 349 g/mol. The van der Waals surface area contributed by atoms with E-state index < -0.39 is 24.0 Å². The predicted octanol–water partition coefficient (Wildman–Crippen LogP) is 3.55. The van der Waals surface area contributed by atoms with Gasteiger partial charge in [-0.2, -0.15) is 0 Å². The number of aliphatic carboxylic acids is 1. The van der Waals surface area contributed by atoms with Gasteiger partial charge in [0.2, 0.25) is 0 Å². The van der Waals surface area contributed by atoms with Gasteiger partial charge < -0.3 is 15.2 Å². The lowest BCUT2D eigenvalue weighted by atomic mass is 9.98. The van der Waals surface area contributed by atoms with Crippen molar-refractivity contribution in [1.29, 1.82) is 0 Å². The molecule has 2 aromatic rings. The molecule has 2 N–H and O–H groups in total. The summed E-state index contributed by atoms with van der Waals surface area (Å²) >= 11 is 0. The van der Waals surface area contributed by atoms with Crippen LogP contribution in [0.5, 0.6) is 0 Å². The van der Waals surface area contributed by atoms with Gasteiger partial charge in [-0.05, 0) is 28.7 Å². The first-order valence-corrected chi connectivity index (χ1v) is 8.66. The molecule has 0 saturated carbocycles. The molecule has 2 atom stereocenters. The highest BCUT2D eigenvalue weighted by atomic mass is 16.5. The zero-order chi connectivity index (χ0) is 18.1. The van der Waals surface area contributed by atoms with Crippen molar-refractivity contribution in [3.63, 3.8) is 0 Å². The van der Waals surface area contributed by atoms with Crippen molar-refractivity contribution in [2.24, 2.45) is 5.92 Å². The number of amides is 1. The van der Waals surface area contributed by atoms with Crippen LogP contribution in [0.3, 0.4) is 0 Å². The summed E-state index contributed by atoms with van der Waals surface area (Å²) < 4.78 is 5.45. The molecule has 132 valence electrons. The Morgan fingerprint density at radius 1 is 1.04 bits per heavy atom. The number of carboxylic acid groups (broad SMARTS) is 1. The van der Waals surface area contributed by atoms with Gasteiger partial charge in [0.05, 0.1) is 12.0 Å². The van der Waals surface area contributed by atoms with E-state index in [9.17, 15) is 14.7 Å². The minimum Gasteiger partial charge on any atom is -0.481 e. The molecule has 5 nitrogen and oxygen atoms in total. The van der Waals surface area contributed by atoms with Crippen molar-refractivity contribution < 1.29 is 19.4 Å². The minimum absolute atomic E-state index is 0.0115. The molecule has 0 saturated heterocycles. The van der Waals surface area contributed by atoms with E-state index >= 15 is 0 Å². The van der Waals surface area contributed by atoms with Crippen LogP contribution >= 0.6 is 0 Å². The maximum Gasteiger partial charge on any atom is 0.407 e. The molecule has 0 fully saturated rings. The molecular formula is C21H19NO4. The van der Waals surface area contributed by atoms with E-state index in [1.54, 1.807) is 12.2 Å². The van der Waals surface area contributed by atoms with Gasteiger partial charge in [0, 0.05) is 5.92 Å². The van der Waals surface area contributed by atoms with Crippen molar-refractivity contribution in [3.8, 4) is 11.1 Å². The fourth-order valence-electron chi connectivity index (χ4n) is 3.83. The number of carbonyl (C=O) groups excluding carboxylic acids is 1. The molecule has 4 rings (SSSR count). The number of rotatable bonds is 4. The van der Waals surface area contributed by atoms with Crippen LogP contribution in [-0.2, 0) is 9.53 Å². The number of ether oxygens (including phenoxy) is 1. The fourth-order valence-corrected chi connectivity index (χ4v) is 3.83. The molecule has 0 spiro atoms. The standard InChI is InChI=1S/C21H19NO4/c23-20(24)17-10-5-11-19(17)22-21(25)26-12-18-15-8-3-1-6-13(15)14-7-2-4-9-16(14)18/h1-9,11,17-19H,10,12H2,(H,22,25)(H,23,24). The van der Waals surface area contributed by atoms with Crippen molar-refractivity contribution in [3.05, 3.63) is 71.8 Å². The lowest BCUT2D eigenvalue weighted by molar-refractivity contribution is -0.141. The van der Waals surface area contributed by atoms with E-state index in [-0.39, 0.29) is 12.5 Å². The second-order valence-corrected chi connectivity index (χ2v) is 6.60. The Bertz CT molecular complexity index is 844. The third kappa shape index (κ3) is 2.86. The number of alkyl carbamates (subject to hydrolysis) is 1. The molecule has 1 amide bonds. The average Bonchev–Trinajstić information content (AvgIpc) is 3.23. The summed E-state index contributed by atoms with van der Waals surface area (Å²) in [4.78, 5) is 23.4. The summed E-state index contributed by atoms with van der Waals surface area (Å²) in [7, 11) is 0. The maximum absolute atomic E-state index is 12.2. The van der Waals surface area contributed by atoms with Crippen molar-refractivity contribution in [2.45, 2.75) is 18.4 Å². The van der Waals surface area contributed by atoms with Gasteiger partial charge in [-0.3, -0.25) is 4.79 Å². The molecule has 0 bridgehead atoms. The lowest BCUT2D eigenvalue weighted by Gasteiger charge is -2.18. The van der Waals surface area contributed by atoms with Crippen molar-refractivity contribution in [2.75, 3.05) is 6.61 Å². The van der Waals surface area contributed by atoms with E-state index in [1.165, 1.54) is 11.1 Å². The topological polar surface area (TPSA) is 75.6 Å². The third-order valence-electron chi connectivity index (χ3n) is 5.11. The van der Waals surface area contributed by atoms with Crippen LogP contribution in [0.15, 0.2) is 60.7 Å². The van der Waals surface area contributed by atoms with Gasteiger partial charge >= 0.3 is 12.1 Å². The summed E-state index contributed by atoms with van der Waals surface area (Å²) in [6.45, 7) is 0.216. The van der Waals surface area contributed by atoms with Crippen molar-refractivity contribution >= 4 is 12.1 Å². The summed E-state index contributed by atoms with van der Waals surface area (Å²) in [5.74, 6) is -1.56. The highest BCUT2D eigenvalue weighted by Crippen LogP contribution is 2.44. The van der Waals surface area contributed by atoms with E-state index in [2.05, 4.69) is 29.6 Å². The van der Waals surface area contributed by atoms with Crippen LogP contribution < -0.4 is 5.32 Å². The summed E-state index contributed by atoms with van der Waals surface area (Å²) in [6.07, 6.45) is 3.31. The predicted molar refractivity (Wildman–Crippen MR) is 96.9 cm³/mol. The SMILES string of the molecule is O=C(NC1C=CCC1C(=O)O)OCC1c2ccccc2-c2ccccc21. The fraction of sp³-hybridized carbons (Fsp3) is 0.238. The van der Waals surface area contributed by atoms with E-state index in [0.717, 1.165) is 11.1 Å². The molecular weight excluding hydrogens is 330 g/mol. The van der Waals surface area contributed by atoms with E-state index in [1.807, 2.05) is 24.3 Å². The molecule has 2 aromatic carbocycles. The molecule has 0 radical (unpaired) electrons. The molecule has 0 heterocycles. The number of carbonyl (C=O) groups is 2. The number of hydrogen-bond acceptors (Lipinski definition) is 3. The largest absolute Gasteiger partial charge is 0.481 e. The first-order chi connectivity index (χ1) is 12.6. The molecule has 2 aliphatic rings. The van der Waals surface area contributed by atoms with Gasteiger partial charge in [-0.25, -0.2) is 4.79 Å². The Morgan fingerprint density at radius 2 is 1.65 bits per heavy atom. The molecule has 5 heteroatoms. The summed E-state index contributed by atoms with van der Waals surface area (Å²) in [6, 6.07) is 15.7. The Labute approximate surface area is 151 Å². The number of hydrogen-bond donors (Lipinski definition) is 2. The molecule has 0 aromatic heterocycles. The summed E-state index contributed by atoms with van der Waals surface area (Å²) in [5, 5.41) is 11.8. The monoisotopic (exact) mass is 349 g/mol. The third-order valence-corrected chi connectivity index (χ3v) is 5.11. The van der Waals surface area contributed by atoms with Crippen LogP contribution in [0.2, 0.25) is 0 Å². The van der Waals surface area contributed by atoms with Crippen LogP contribution in [0.1, 0.15) is 23.5 Å². The Balaban J connectivity index is 1.46. The van der Waals surface area contributed by atoms with Crippen molar-refractivity contribution in [1.82, 2.24) is 5.32 Å². The first kappa shape index (κ1) is 16.4. The van der Waals surface area contributed by atoms with Gasteiger partial charge in [-0.1, -0.05) is 60.7 Å². The molecule has 0 aliphatic heterocycles. The smallest absolute Gasteiger partial charge is 0.407 e. The minimum atomic E-state index is -0.918. The van der Waals surface area contributed by atoms with Crippen LogP contribution in [-0.4, -0.2) is 29.8 Å². The number of carboxylic acids is 1. The maximum atomic E-state index is 12.2. The number of benzene rings is 2. The van der Waals surface area contributed by atoms with E-state index in [4.69, 9.17) is 4.74 Å². The number of fused-ring (bicyclic) bond motifs is 3. The molecule has 2 aliphatic carbocycles. The van der Waals surface area contributed by atoms with Crippen LogP contribution in [0.4, 0.5) is 4.79 Å². The quantitative estimate of drug-likeness (QED) is 0.828. The number of nitrogens with one attached hydrogen (secondary N) is 1. The second kappa shape index (κ2) is 6.67. The number of allylic oxidation sites excluding steroid dienone is 1. The molecule has 26 heavy (non-hydrogen) atoms. The van der Waals surface area contributed by atoms with Crippen LogP contribution in [0, 0.1) is 5.92 Å². The Hall–Kier alpha value is -3.08. The first-order valence-electron chi connectivity index (χ1n) is 8.66. The van der Waals surface area contributed by atoms with Gasteiger partial charge in [0.15, 0.2) is 0 Å². The zero-order valence-corrected chi connectivity index (χ0v) is 14.1. The van der Waals surface area contributed by atoms with Gasteiger partial charge in [0.1, 0.15) is 6.61 Å². The Morgan fingerprint density at radius 3 is 2.27 bits per heavy atom. The highest BCUT2D eigenvalue weighted by molar-refractivity contribution is 5.79. The normalized spacial score (nSPS) is 20.5. The second-order valence-electron chi connectivity index (χ2n) is 6.60. The van der Waals surface area contributed by atoms with Gasteiger partial charge in [-0.15, -0.1) is 0 Å². The summed E-state index contributed by atoms with van der Waals surface area (Å²) in [5.41, 5.74) is 4.62. The highest BCUT2D eigenvalue weighted by Gasteiger charge is 2.32. The molecule has 2 unspecified atom stereocenters. The zero-order valence-electron chi connectivity index (χ0n) is 14.1.